The highest BCUT2D eigenvalue weighted by atomic mass is 16.5. The van der Waals surface area contributed by atoms with E-state index in [2.05, 4.69) is 77.7 Å². The molecule has 0 unspecified atom stereocenters. The molecule has 0 radical (unpaired) electrons. The van der Waals surface area contributed by atoms with E-state index in [-0.39, 0.29) is 0 Å². The van der Waals surface area contributed by atoms with Crippen LogP contribution in [0.25, 0.3) is 21.5 Å². The summed E-state index contributed by atoms with van der Waals surface area (Å²) in [5.41, 5.74) is 2.97. The predicted molar refractivity (Wildman–Crippen MR) is 143 cm³/mol. The number of benzene rings is 6. The lowest BCUT2D eigenvalue weighted by Gasteiger charge is -2.25. The largest absolute Gasteiger partial charge is 0.457 e. The maximum atomic E-state index is 8.09. The Morgan fingerprint density at radius 1 is 0.500 bits per heavy atom. The molecule has 0 amide bonds. The van der Waals surface area contributed by atoms with Gasteiger partial charge in [0.05, 0.1) is 1.37 Å². The molecule has 2 nitrogen and oxygen atoms in total. The highest BCUT2D eigenvalue weighted by Crippen LogP contribution is 2.38. The number of hydrogen-bond donors (Lipinski definition) is 0. The van der Waals surface area contributed by atoms with Crippen LogP contribution in [-0.2, 0) is 0 Å². The molecule has 0 spiro atoms. The SMILES string of the molecule is [3H]c1cccc(N(c2ccccc2)c2ccc(Oc3cc4ccccc4c4ccccc34)cc2)c1. The van der Waals surface area contributed by atoms with Gasteiger partial charge in [0.15, 0.2) is 0 Å². The smallest absolute Gasteiger partial charge is 0.135 e. The van der Waals surface area contributed by atoms with Gasteiger partial charge in [-0.2, -0.15) is 0 Å². The second-order valence-electron chi connectivity index (χ2n) is 8.17. The van der Waals surface area contributed by atoms with Crippen molar-refractivity contribution in [2.75, 3.05) is 4.90 Å². The van der Waals surface area contributed by atoms with Crippen LogP contribution in [0.15, 0.2) is 140 Å². The number of anilines is 3. The van der Waals surface area contributed by atoms with Crippen LogP contribution in [0.3, 0.4) is 0 Å². The van der Waals surface area contributed by atoms with E-state index in [0.717, 1.165) is 39.3 Å². The molecule has 6 aromatic rings. The fourth-order valence-electron chi connectivity index (χ4n) is 4.44. The molecular weight excluding hydrogens is 414 g/mol. The van der Waals surface area contributed by atoms with E-state index in [9.17, 15) is 0 Å². The molecular formula is C32H23NO. The lowest BCUT2D eigenvalue weighted by atomic mass is 10.0. The van der Waals surface area contributed by atoms with E-state index in [0.29, 0.717) is 6.04 Å². The van der Waals surface area contributed by atoms with Crippen molar-refractivity contribution in [2.24, 2.45) is 0 Å². The zero-order valence-corrected chi connectivity index (χ0v) is 18.6. The van der Waals surface area contributed by atoms with Gasteiger partial charge in [0.1, 0.15) is 11.5 Å². The normalized spacial score (nSPS) is 11.4. The Kier molecular flexibility index (Phi) is 4.89. The van der Waals surface area contributed by atoms with Crippen molar-refractivity contribution in [3.05, 3.63) is 140 Å². The zero-order valence-electron chi connectivity index (χ0n) is 19.6. The first-order valence-electron chi connectivity index (χ1n) is 11.9. The van der Waals surface area contributed by atoms with Crippen LogP contribution in [0.4, 0.5) is 17.1 Å². The van der Waals surface area contributed by atoms with E-state index in [1.54, 1.807) is 6.07 Å². The summed E-state index contributed by atoms with van der Waals surface area (Å²) in [6, 6.07) is 45.3. The van der Waals surface area contributed by atoms with E-state index in [1.165, 1.54) is 10.8 Å². The van der Waals surface area contributed by atoms with E-state index in [1.807, 2.05) is 54.6 Å². The van der Waals surface area contributed by atoms with Gasteiger partial charge < -0.3 is 9.64 Å². The summed E-state index contributed by atoms with van der Waals surface area (Å²) in [7, 11) is 0. The van der Waals surface area contributed by atoms with Crippen LogP contribution < -0.4 is 9.64 Å². The molecule has 0 atom stereocenters. The second-order valence-corrected chi connectivity index (χ2v) is 8.17. The highest BCUT2D eigenvalue weighted by Gasteiger charge is 2.13. The third kappa shape index (κ3) is 3.76. The number of para-hydroxylation sites is 2. The van der Waals surface area contributed by atoms with Gasteiger partial charge in [-0.15, -0.1) is 0 Å². The molecule has 0 bridgehead atoms. The van der Waals surface area contributed by atoms with Crippen molar-refractivity contribution in [2.45, 2.75) is 0 Å². The maximum Gasteiger partial charge on any atom is 0.135 e. The zero-order chi connectivity index (χ0) is 23.6. The third-order valence-corrected chi connectivity index (χ3v) is 6.02. The number of nitrogens with zero attached hydrogens (tertiary/aromatic N) is 1. The van der Waals surface area contributed by atoms with Gasteiger partial charge in [-0.25, -0.2) is 0 Å². The molecule has 6 rings (SSSR count). The third-order valence-electron chi connectivity index (χ3n) is 6.02. The van der Waals surface area contributed by atoms with Crippen LogP contribution in [0, 0.1) is 0 Å². The molecule has 34 heavy (non-hydrogen) atoms. The Bertz CT molecular complexity index is 1630. The fraction of sp³-hybridized carbons (Fsp3) is 0. The summed E-state index contributed by atoms with van der Waals surface area (Å²) in [6.07, 6.45) is 0. The topological polar surface area (TPSA) is 12.5 Å². The molecule has 2 heteroatoms. The van der Waals surface area contributed by atoms with Gasteiger partial charge in [-0.3, -0.25) is 0 Å². The Morgan fingerprint density at radius 3 is 1.85 bits per heavy atom. The fourth-order valence-corrected chi connectivity index (χ4v) is 4.44. The second kappa shape index (κ2) is 8.76. The molecule has 0 saturated heterocycles. The van der Waals surface area contributed by atoms with Crippen molar-refractivity contribution in [3.8, 4) is 11.5 Å². The summed E-state index contributed by atoms with van der Waals surface area (Å²) in [5, 5.41) is 4.65. The van der Waals surface area contributed by atoms with Crippen molar-refractivity contribution in [1.29, 1.82) is 0 Å². The van der Waals surface area contributed by atoms with Crippen LogP contribution in [0.2, 0.25) is 0 Å². The van der Waals surface area contributed by atoms with Crippen LogP contribution in [-0.4, -0.2) is 0 Å². The maximum absolute atomic E-state index is 8.09. The highest BCUT2D eigenvalue weighted by molar-refractivity contribution is 6.10. The Labute approximate surface area is 200 Å². The van der Waals surface area contributed by atoms with Gasteiger partial charge in [0, 0.05) is 22.4 Å². The molecule has 0 heterocycles. The quantitative estimate of drug-likeness (QED) is 0.248. The van der Waals surface area contributed by atoms with Gasteiger partial charge in [-0.05, 0) is 70.8 Å². The van der Waals surface area contributed by atoms with Gasteiger partial charge in [0.2, 0.25) is 0 Å². The average Bonchev–Trinajstić information content (AvgIpc) is 2.91. The van der Waals surface area contributed by atoms with Crippen molar-refractivity contribution >= 4 is 38.6 Å². The summed E-state index contributed by atoms with van der Waals surface area (Å²) < 4.78 is 14.5. The van der Waals surface area contributed by atoms with Crippen molar-refractivity contribution in [3.63, 3.8) is 0 Å². The monoisotopic (exact) mass is 439 g/mol. The summed E-state index contributed by atoms with van der Waals surface area (Å²) in [6.45, 7) is 0. The first-order chi connectivity index (χ1) is 17.3. The van der Waals surface area contributed by atoms with Gasteiger partial charge >= 0.3 is 0 Å². The molecule has 0 saturated carbocycles. The van der Waals surface area contributed by atoms with Crippen molar-refractivity contribution < 1.29 is 6.11 Å². The predicted octanol–water partition coefficient (Wildman–Crippen LogP) is 9.26. The molecule has 0 aliphatic heterocycles. The van der Waals surface area contributed by atoms with E-state index < -0.39 is 0 Å². The Hall–Kier alpha value is -4.56. The lowest BCUT2D eigenvalue weighted by Crippen LogP contribution is -2.09. The first-order valence-corrected chi connectivity index (χ1v) is 11.4. The van der Waals surface area contributed by atoms with Crippen molar-refractivity contribution in [1.82, 2.24) is 0 Å². The molecule has 0 aromatic heterocycles. The molecule has 0 N–H and O–H groups in total. The molecule has 6 aromatic carbocycles. The standard InChI is InChI=1S/C32H23NO/c1-3-12-25(13-4-1)33(26-14-5-2-6-15-26)27-19-21-28(22-20-27)34-32-23-24-11-7-8-16-29(24)30-17-9-10-18-31(30)32/h1-23H/i3T. The minimum absolute atomic E-state index is 0.478. The molecule has 0 aliphatic carbocycles. The molecule has 0 fully saturated rings. The first kappa shape index (κ1) is 19.0. The van der Waals surface area contributed by atoms with Crippen LogP contribution in [0.5, 0.6) is 11.5 Å². The number of hydrogen-bond acceptors (Lipinski definition) is 2. The number of rotatable bonds is 5. The Balaban J connectivity index is 1.38. The minimum Gasteiger partial charge on any atom is -0.457 e. The lowest BCUT2D eigenvalue weighted by molar-refractivity contribution is 0.489. The summed E-state index contributed by atoms with van der Waals surface area (Å²) in [4.78, 5) is 2.15. The van der Waals surface area contributed by atoms with Crippen LogP contribution in [0.1, 0.15) is 1.37 Å². The minimum atomic E-state index is 0.478. The van der Waals surface area contributed by atoms with Gasteiger partial charge in [-0.1, -0.05) is 84.9 Å². The van der Waals surface area contributed by atoms with E-state index in [4.69, 9.17) is 6.11 Å². The average molecular weight is 440 g/mol. The molecule has 162 valence electrons. The van der Waals surface area contributed by atoms with Crippen LogP contribution >= 0.6 is 0 Å². The molecule has 0 aliphatic rings. The van der Waals surface area contributed by atoms with E-state index >= 15 is 0 Å². The van der Waals surface area contributed by atoms with Gasteiger partial charge in [0.25, 0.3) is 0 Å². The number of fused-ring (bicyclic) bond motifs is 3. The Morgan fingerprint density at radius 2 is 1.09 bits per heavy atom. The number of ether oxygens (including phenoxy) is 1. The summed E-state index contributed by atoms with van der Waals surface area (Å²) in [5.74, 6) is 1.62. The summed E-state index contributed by atoms with van der Waals surface area (Å²) >= 11 is 0.